The number of carbonyl (C=O) groups is 1. The van der Waals surface area contributed by atoms with Gasteiger partial charge in [0.05, 0.1) is 17.6 Å². The van der Waals surface area contributed by atoms with Gasteiger partial charge in [0, 0.05) is 5.92 Å². The van der Waals surface area contributed by atoms with Crippen LogP contribution in [0.5, 0.6) is 5.75 Å². The first-order chi connectivity index (χ1) is 9.36. The molecule has 0 saturated carbocycles. The lowest BCUT2D eigenvalue weighted by Gasteiger charge is -2.20. The van der Waals surface area contributed by atoms with Crippen LogP contribution in [0.1, 0.15) is 20.8 Å². The van der Waals surface area contributed by atoms with Crippen LogP contribution in [0.2, 0.25) is 0 Å². The number of nitrogens with zero attached hydrogens (tertiary/aromatic N) is 1. The molecule has 1 aromatic carbocycles. The van der Waals surface area contributed by atoms with Crippen LogP contribution in [0.25, 0.3) is 0 Å². The first kappa shape index (κ1) is 15.9. The molecule has 1 atom stereocenters. The van der Waals surface area contributed by atoms with Gasteiger partial charge in [-0.2, -0.15) is 4.39 Å². The van der Waals surface area contributed by atoms with Gasteiger partial charge < -0.3 is 9.47 Å². The molecule has 7 heteroatoms. The Hall–Kier alpha value is -2.18. The lowest BCUT2D eigenvalue weighted by Crippen LogP contribution is -2.34. The highest BCUT2D eigenvalue weighted by Gasteiger charge is 2.26. The summed E-state index contributed by atoms with van der Waals surface area (Å²) < 4.78 is 23.5. The minimum Gasteiger partial charge on any atom is -0.478 e. The molecule has 0 aliphatic rings. The van der Waals surface area contributed by atoms with Gasteiger partial charge in [-0.25, -0.2) is 4.79 Å². The Kier molecular flexibility index (Phi) is 5.42. The van der Waals surface area contributed by atoms with Crippen LogP contribution in [-0.4, -0.2) is 23.6 Å². The number of halogens is 1. The van der Waals surface area contributed by atoms with Gasteiger partial charge in [-0.3, -0.25) is 10.1 Å². The average molecular weight is 285 g/mol. The van der Waals surface area contributed by atoms with Crippen molar-refractivity contribution in [2.45, 2.75) is 26.9 Å². The number of benzene rings is 1. The first-order valence-electron chi connectivity index (χ1n) is 6.14. The van der Waals surface area contributed by atoms with E-state index in [1.54, 1.807) is 20.8 Å². The molecule has 0 N–H and O–H groups in total. The number of nitro groups is 1. The maximum Gasteiger partial charge on any atom is 0.347 e. The van der Waals surface area contributed by atoms with Crippen LogP contribution >= 0.6 is 0 Å². The van der Waals surface area contributed by atoms with Crippen molar-refractivity contribution in [3.63, 3.8) is 0 Å². The van der Waals surface area contributed by atoms with Crippen molar-refractivity contribution in [2.24, 2.45) is 5.92 Å². The molecule has 110 valence electrons. The third kappa shape index (κ3) is 3.91. The average Bonchev–Trinajstić information content (AvgIpc) is 2.37. The van der Waals surface area contributed by atoms with E-state index in [1.807, 2.05) is 0 Å². The van der Waals surface area contributed by atoms with Gasteiger partial charge in [-0.1, -0.05) is 13.8 Å². The molecule has 0 aliphatic carbocycles. The molecule has 6 nitrogen and oxygen atoms in total. The minimum atomic E-state index is -0.959. The normalized spacial score (nSPS) is 12.1. The van der Waals surface area contributed by atoms with Gasteiger partial charge in [-0.05, 0) is 19.1 Å². The molecule has 0 saturated heterocycles. The van der Waals surface area contributed by atoms with Gasteiger partial charge in [-0.15, -0.1) is 0 Å². The predicted octanol–water partition coefficient (Wildman–Crippen LogP) is 2.70. The Morgan fingerprint density at radius 3 is 2.60 bits per heavy atom. The van der Waals surface area contributed by atoms with Gasteiger partial charge in [0.1, 0.15) is 5.75 Å². The summed E-state index contributed by atoms with van der Waals surface area (Å²) in [7, 11) is 0. The Morgan fingerprint density at radius 1 is 1.45 bits per heavy atom. The van der Waals surface area contributed by atoms with Crippen LogP contribution in [0.15, 0.2) is 18.2 Å². The molecule has 0 fully saturated rings. The van der Waals surface area contributed by atoms with E-state index < -0.39 is 28.5 Å². The zero-order valence-electron chi connectivity index (χ0n) is 11.5. The molecule has 0 amide bonds. The van der Waals surface area contributed by atoms with Gasteiger partial charge in [0.25, 0.3) is 0 Å². The molecule has 1 rings (SSSR count). The molecule has 0 heterocycles. The zero-order valence-corrected chi connectivity index (χ0v) is 11.5. The highest BCUT2D eigenvalue weighted by atomic mass is 19.1. The van der Waals surface area contributed by atoms with E-state index in [4.69, 9.17) is 9.47 Å². The smallest absolute Gasteiger partial charge is 0.347 e. The molecule has 0 aliphatic heterocycles. The zero-order chi connectivity index (χ0) is 15.3. The fourth-order valence-electron chi connectivity index (χ4n) is 1.53. The predicted molar refractivity (Wildman–Crippen MR) is 68.9 cm³/mol. The van der Waals surface area contributed by atoms with Gasteiger partial charge >= 0.3 is 11.7 Å². The summed E-state index contributed by atoms with van der Waals surface area (Å²) in [6.07, 6.45) is -0.903. The molecular weight excluding hydrogens is 269 g/mol. The molecule has 0 radical (unpaired) electrons. The SMILES string of the molecule is CCOC(=O)C(Oc1ccc(F)c([N+](=O)[O-])c1)C(C)C. The minimum absolute atomic E-state index is 0.0462. The summed E-state index contributed by atoms with van der Waals surface area (Å²) in [6.45, 7) is 5.37. The summed E-state index contributed by atoms with van der Waals surface area (Å²) in [6, 6.07) is 3.11. The molecule has 0 aromatic heterocycles. The van der Waals surface area contributed by atoms with E-state index >= 15 is 0 Å². The second-order valence-corrected chi connectivity index (χ2v) is 4.40. The highest BCUT2D eigenvalue weighted by molar-refractivity contribution is 5.75. The molecule has 20 heavy (non-hydrogen) atoms. The Balaban J connectivity index is 2.97. The quantitative estimate of drug-likeness (QED) is 0.456. The van der Waals surface area contributed by atoms with Crippen LogP contribution in [0.3, 0.4) is 0 Å². The Bertz CT molecular complexity index is 504. The lowest BCUT2D eigenvalue weighted by molar-refractivity contribution is -0.387. The maximum atomic E-state index is 13.2. The fraction of sp³-hybridized carbons (Fsp3) is 0.462. The summed E-state index contributed by atoms with van der Waals surface area (Å²) in [4.78, 5) is 21.5. The number of ether oxygens (including phenoxy) is 2. The number of rotatable bonds is 6. The summed E-state index contributed by atoms with van der Waals surface area (Å²) in [5.74, 6) is -1.67. The Morgan fingerprint density at radius 2 is 2.10 bits per heavy atom. The number of hydrogen-bond donors (Lipinski definition) is 0. The summed E-state index contributed by atoms with van der Waals surface area (Å²) >= 11 is 0. The molecular formula is C13H16FNO5. The second kappa shape index (κ2) is 6.83. The largest absolute Gasteiger partial charge is 0.478 e. The van der Waals surface area contributed by atoms with Crippen LogP contribution in [0, 0.1) is 21.8 Å². The van der Waals surface area contributed by atoms with Crippen molar-refractivity contribution in [1.29, 1.82) is 0 Å². The third-order valence-corrected chi connectivity index (χ3v) is 2.50. The van der Waals surface area contributed by atoms with Crippen molar-refractivity contribution in [3.05, 3.63) is 34.1 Å². The van der Waals surface area contributed by atoms with E-state index in [0.717, 1.165) is 12.1 Å². The van der Waals surface area contributed by atoms with E-state index in [1.165, 1.54) is 6.07 Å². The number of nitro benzene ring substituents is 1. The topological polar surface area (TPSA) is 78.7 Å². The van der Waals surface area contributed by atoms with Crippen molar-refractivity contribution in [3.8, 4) is 5.75 Å². The lowest BCUT2D eigenvalue weighted by atomic mass is 10.1. The summed E-state index contributed by atoms with van der Waals surface area (Å²) in [5, 5.41) is 10.6. The van der Waals surface area contributed by atoms with Crippen molar-refractivity contribution >= 4 is 11.7 Å². The number of esters is 1. The Labute approximate surface area is 115 Å². The van der Waals surface area contributed by atoms with E-state index in [0.29, 0.717) is 0 Å². The first-order valence-corrected chi connectivity index (χ1v) is 6.14. The van der Waals surface area contributed by atoms with Crippen molar-refractivity contribution in [2.75, 3.05) is 6.61 Å². The summed E-state index contributed by atoms with van der Waals surface area (Å²) in [5.41, 5.74) is -0.700. The van der Waals surface area contributed by atoms with Crippen LogP contribution < -0.4 is 4.74 Å². The standard InChI is InChI=1S/C13H16FNO5/c1-4-19-13(16)12(8(2)3)20-9-5-6-10(14)11(7-9)15(17)18/h5-8,12H,4H2,1-3H3. The molecule has 0 bridgehead atoms. The van der Waals surface area contributed by atoms with Crippen LogP contribution in [0.4, 0.5) is 10.1 Å². The van der Waals surface area contributed by atoms with Crippen molar-refractivity contribution in [1.82, 2.24) is 0 Å². The van der Waals surface area contributed by atoms with Gasteiger partial charge in [0.15, 0.2) is 6.10 Å². The van der Waals surface area contributed by atoms with E-state index in [9.17, 15) is 19.3 Å². The van der Waals surface area contributed by atoms with E-state index in [2.05, 4.69) is 0 Å². The molecule has 0 spiro atoms. The highest BCUT2D eigenvalue weighted by Crippen LogP contribution is 2.25. The molecule has 1 aromatic rings. The maximum absolute atomic E-state index is 13.2. The van der Waals surface area contributed by atoms with Crippen LogP contribution in [-0.2, 0) is 9.53 Å². The molecule has 1 unspecified atom stereocenters. The number of hydrogen-bond acceptors (Lipinski definition) is 5. The third-order valence-electron chi connectivity index (χ3n) is 2.50. The van der Waals surface area contributed by atoms with Gasteiger partial charge in [0.2, 0.25) is 5.82 Å². The fourth-order valence-corrected chi connectivity index (χ4v) is 1.53. The van der Waals surface area contributed by atoms with Crippen molar-refractivity contribution < 1.29 is 23.6 Å². The monoisotopic (exact) mass is 285 g/mol. The second-order valence-electron chi connectivity index (χ2n) is 4.40. The van der Waals surface area contributed by atoms with E-state index in [-0.39, 0.29) is 18.3 Å². The number of carbonyl (C=O) groups excluding carboxylic acids is 1.